The van der Waals surface area contributed by atoms with E-state index < -0.39 is 15.8 Å². The highest BCUT2D eigenvalue weighted by atomic mass is 32.2. The molecule has 2 aromatic carbocycles. The summed E-state index contributed by atoms with van der Waals surface area (Å²) in [4.78, 5) is 4.59. The molecule has 0 saturated carbocycles. The maximum absolute atomic E-state index is 13.9. The van der Waals surface area contributed by atoms with E-state index in [-0.39, 0.29) is 17.2 Å². The van der Waals surface area contributed by atoms with Gasteiger partial charge in [-0.25, -0.2) is 22.1 Å². The summed E-state index contributed by atoms with van der Waals surface area (Å²) in [7, 11) is -3.59. The van der Waals surface area contributed by atoms with Gasteiger partial charge in [0.25, 0.3) is 0 Å². The van der Waals surface area contributed by atoms with Crippen molar-refractivity contribution in [2.24, 2.45) is 0 Å². The van der Waals surface area contributed by atoms with Gasteiger partial charge in [-0.05, 0) is 25.0 Å². The number of halogens is 1. The van der Waals surface area contributed by atoms with E-state index in [9.17, 15) is 12.8 Å². The van der Waals surface area contributed by atoms with Crippen LogP contribution >= 0.6 is 0 Å². The molecule has 0 radical (unpaired) electrons. The van der Waals surface area contributed by atoms with Gasteiger partial charge in [0, 0.05) is 43.0 Å². The fourth-order valence-corrected chi connectivity index (χ4v) is 5.47. The van der Waals surface area contributed by atoms with Crippen molar-refractivity contribution in [3.8, 4) is 0 Å². The average molecular weight is 414 g/mol. The molecule has 1 unspecified atom stereocenters. The molecular formula is C22H24FN3O2S. The van der Waals surface area contributed by atoms with Crippen LogP contribution in [0.25, 0.3) is 0 Å². The second kappa shape index (κ2) is 8.08. The Kier molecular flexibility index (Phi) is 5.52. The summed E-state index contributed by atoms with van der Waals surface area (Å²) in [6, 6.07) is 16.2. The number of hydrogen-bond donors (Lipinski definition) is 0. The first kappa shape index (κ1) is 19.8. The van der Waals surface area contributed by atoms with Gasteiger partial charge < -0.3 is 4.57 Å². The SMILES string of the molecule is Cc1cnc(C2CCN(S(=O)(=O)Cc3ccccc3F)C2)n1Cc1ccccc1. The average Bonchev–Trinajstić information content (AvgIpc) is 3.33. The molecule has 1 atom stereocenters. The Labute approximate surface area is 170 Å². The van der Waals surface area contributed by atoms with E-state index in [4.69, 9.17) is 0 Å². The number of rotatable bonds is 6. The Balaban J connectivity index is 1.51. The molecular weight excluding hydrogens is 389 g/mol. The zero-order chi connectivity index (χ0) is 20.4. The predicted octanol–water partition coefficient (Wildman–Crippen LogP) is 3.70. The molecule has 1 aromatic heterocycles. The smallest absolute Gasteiger partial charge is 0.218 e. The van der Waals surface area contributed by atoms with Gasteiger partial charge in [-0.1, -0.05) is 48.5 Å². The fourth-order valence-electron chi connectivity index (χ4n) is 3.87. The van der Waals surface area contributed by atoms with Gasteiger partial charge in [-0.15, -0.1) is 0 Å². The van der Waals surface area contributed by atoms with Crippen LogP contribution in [0.15, 0.2) is 60.8 Å². The third kappa shape index (κ3) is 4.26. The topological polar surface area (TPSA) is 55.2 Å². The molecule has 0 N–H and O–H groups in total. The Hall–Kier alpha value is -2.51. The number of aryl methyl sites for hydroxylation is 1. The van der Waals surface area contributed by atoms with Crippen LogP contribution in [0.3, 0.4) is 0 Å². The lowest BCUT2D eigenvalue weighted by atomic mass is 10.1. The van der Waals surface area contributed by atoms with Crippen molar-refractivity contribution in [3.63, 3.8) is 0 Å². The van der Waals surface area contributed by atoms with Crippen molar-refractivity contribution < 1.29 is 12.8 Å². The largest absolute Gasteiger partial charge is 0.328 e. The van der Waals surface area contributed by atoms with Crippen LogP contribution in [0.4, 0.5) is 4.39 Å². The van der Waals surface area contributed by atoms with Gasteiger partial charge in [0.2, 0.25) is 10.0 Å². The summed E-state index contributed by atoms with van der Waals surface area (Å²) in [6.07, 6.45) is 2.55. The van der Waals surface area contributed by atoms with Crippen molar-refractivity contribution in [3.05, 3.63) is 89.3 Å². The normalized spacial score (nSPS) is 17.7. The Morgan fingerprint density at radius 2 is 1.83 bits per heavy atom. The molecule has 3 aromatic rings. The maximum Gasteiger partial charge on any atom is 0.218 e. The van der Waals surface area contributed by atoms with Gasteiger partial charge in [0.05, 0.1) is 5.75 Å². The summed E-state index contributed by atoms with van der Waals surface area (Å²) in [6.45, 7) is 3.53. The van der Waals surface area contributed by atoms with E-state index in [1.165, 1.54) is 22.0 Å². The second-order valence-corrected chi connectivity index (χ2v) is 9.49. The lowest BCUT2D eigenvalue weighted by Crippen LogP contribution is -2.30. The standard InChI is InChI=1S/C22H24FN3O2S/c1-17-13-24-22(26(17)14-18-7-3-2-4-8-18)19-11-12-25(15-19)29(27,28)16-20-9-5-6-10-21(20)23/h2-10,13,19H,11-12,14-16H2,1H3. The fraction of sp³-hybridized carbons (Fsp3) is 0.318. The van der Waals surface area contributed by atoms with Gasteiger partial charge in [-0.2, -0.15) is 0 Å². The molecule has 0 aliphatic carbocycles. The van der Waals surface area contributed by atoms with Gasteiger partial charge in [-0.3, -0.25) is 0 Å². The van der Waals surface area contributed by atoms with Gasteiger partial charge >= 0.3 is 0 Å². The first-order chi connectivity index (χ1) is 13.9. The predicted molar refractivity (Wildman–Crippen MR) is 110 cm³/mol. The van der Waals surface area contributed by atoms with Crippen molar-refractivity contribution in [1.82, 2.24) is 13.9 Å². The zero-order valence-electron chi connectivity index (χ0n) is 16.3. The van der Waals surface area contributed by atoms with Crippen molar-refractivity contribution >= 4 is 10.0 Å². The Morgan fingerprint density at radius 3 is 2.59 bits per heavy atom. The molecule has 2 heterocycles. The van der Waals surface area contributed by atoms with E-state index >= 15 is 0 Å². The number of benzene rings is 2. The molecule has 0 amide bonds. The van der Waals surface area contributed by atoms with E-state index in [1.54, 1.807) is 12.1 Å². The highest BCUT2D eigenvalue weighted by molar-refractivity contribution is 7.88. The number of sulfonamides is 1. The van der Waals surface area contributed by atoms with E-state index in [0.29, 0.717) is 26.1 Å². The lowest BCUT2D eigenvalue weighted by Gasteiger charge is -2.18. The van der Waals surface area contributed by atoms with Crippen LogP contribution in [-0.4, -0.2) is 35.4 Å². The minimum absolute atomic E-state index is 0.0304. The van der Waals surface area contributed by atoms with E-state index in [1.807, 2.05) is 31.3 Å². The molecule has 0 spiro atoms. The first-order valence-electron chi connectivity index (χ1n) is 9.71. The third-order valence-corrected chi connectivity index (χ3v) is 7.27. The minimum Gasteiger partial charge on any atom is -0.328 e. The summed E-state index contributed by atoms with van der Waals surface area (Å²) < 4.78 is 43.2. The highest BCUT2D eigenvalue weighted by Gasteiger charge is 2.34. The van der Waals surface area contributed by atoms with E-state index in [2.05, 4.69) is 21.7 Å². The molecule has 7 heteroatoms. The third-order valence-electron chi connectivity index (χ3n) is 5.47. The summed E-state index contributed by atoms with van der Waals surface area (Å²) in [5, 5.41) is 0. The summed E-state index contributed by atoms with van der Waals surface area (Å²) >= 11 is 0. The summed E-state index contributed by atoms with van der Waals surface area (Å²) in [5.41, 5.74) is 2.44. The molecule has 4 rings (SSSR count). The zero-order valence-corrected chi connectivity index (χ0v) is 17.1. The summed E-state index contributed by atoms with van der Waals surface area (Å²) in [5.74, 6) is 0.141. The molecule has 1 aliphatic rings. The molecule has 1 aliphatic heterocycles. The monoisotopic (exact) mass is 413 g/mol. The van der Waals surface area contributed by atoms with Crippen LogP contribution in [0.1, 0.15) is 35.0 Å². The molecule has 5 nitrogen and oxygen atoms in total. The van der Waals surface area contributed by atoms with Crippen LogP contribution in [0.5, 0.6) is 0 Å². The molecule has 29 heavy (non-hydrogen) atoms. The first-order valence-corrected chi connectivity index (χ1v) is 11.3. The number of hydrogen-bond acceptors (Lipinski definition) is 3. The number of aromatic nitrogens is 2. The molecule has 0 bridgehead atoms. The van der Waals surface area contributed by atoms with Crippen LogP contribution in [-0.2, 0) is 22.3 Å². The maximum atomic E-state index is 13.9. The molecule has 1 fully saturated rings. The minimum atomic E-state index is -3.59. The van der Waals surface area contributed by atoms with Crippen LogP contribution < -0.4 is 0 Å². The van der Waals surface area contributed by atoms with Crippen molar-refractivity contribution in [2.45, 2.75) is 31.6 Å². The lowest BCUT2D eigenvalue weighted by molar-refractivity contribution is 0.467. The molecule has 1 saturated heterocycles. The van der Waals surface area contributed by atoms with Crippen LogP contribution in [0.2, 0.25) is 0 Å². The van der Waals surface area contributed by atoms with Crippen molar-refractivity contribution in [2.75, 3.05) is 13.1 Å². The Bertz CT molecular complexity index is 1100. The highest BCUT2D eigenvalue weighted by Crippen LogP contribution is 2.30. The number of nitrogens with zero attached hydrogens (tertiary/aromatic N) is 3. The van der Waals surface area contributed by atoms with Gasteiger partial charge in [0.1, 0.15) is 11.6 Å². The van der Waals surface area contributed by atoms with Crippen molar-refractivity contribution in [1.29, 1.82) is 0 Å². The molecule has 152 valence electrons. The van der Waals surface area contributed by atoms with Gasteiger partial charge in [0.15, 0.2) is 0 Å². The van der Waals surface area contributed by atoms with Crippen LogP contribution in [0, 0.1) is 12.7 Å². The Morgan fingerprint density at radius 1 is 1.10 bits per heavy atom. The van der Waals surface area contributed by atoms with E-state index in [0.717, 1.165) is 11.5 Å². The quantitative estimate of drug-likeness (QED) is 0.619. The number of imidazole rings is 1. The second-order valence-electron chi connectivity index (χ2n) is 7.52.